The molecule has 3 aromatic rings. The maximum atomic E-state index is 12.1. The zero-order valence-corrected chi connectivity index (χ0v) is 14.5. The predicted octanol–water partition coefficient (Wildman–Crippen LogP) is 4.91. The number of rotatable bonds is 5. The molecule has 0 bridgehead atoms. The van der Waals surface area contributed by atoms with Gasteiger partial charge in [-0.25, -0.2) is 4.79 Å². The molecule has 2 aromatic carbocycles. The second kappa shape index (κ2) is 7.55. The Hall–Kier alpha value is -2.90. The molecular weight excluding hydrogens is 383 g/mol. The molecule has 3 rings (SSSR count). The zero-order chi connectivity index (χ0) is 18.7. The van der Waals surface area contributed by atoms with Crippen LogP contribution in [0.1, 0.15) is 16.1 Å². The number of benzene rings is 2. The zero-order valence-electron chi connectivity index (χ0n) is 13.0. The van der Waals surface area contributed by atoms with Crippen molar-refractivity contribution in [3.8, 4) is 11.3 Å². The third-order valence-electron chi connectivity index (χ3n) is 3.42. The van der Waals surface area contributed by atoms with Gasteiger partial charge < -0.3 is 9.26 Å². The Morgan fingerprint density at radius 2 is 1.88 bits per heavy atom. The van der Waals surface area contributed by atoms with Gasteiger partial charge in [0.25, 0.3) is 5.69 Å². The number of carbonyl (C=O) groups excluding carboxylic acids is 1. The highest BCUT2D eigenvalue weighted by atomic mass is 35.5. The molecule has 1 heterocycles. The lowest BCUT2D eigenvalue weighted by Crippen LogP contribution is -2.06. The molecule has 1 aromatic heterocycles. The lowest BCUT2D eigenvalue weighted by Gasteiger charge is -2.03. The summed E-state index contributed by atoms with van der Waals surface area (Å²) in [6, 6.07) is 12.3. The van der Waals surface area contributed by atoms with E-state index in [0.29, 0.717) is 16.5 Å². The first-order valence-electron chi connectivity index (χ1n) is 7.26. The molecule has 0 aliphatic carbocycles. The minimum atomic E-state index is -0.735. The van der Waals surface area contributed by atoms with Crippen LogP contribution < -0.4 is 0 Å². The number of esters is 1. The van der Waals surface area contributed by atoms with Crippen LogP contribution in [0.5, 0.6) is 0 Å². The normalized spacial score (nSPS) is 10.5. The molecular formula is C17H10Cl2N2O5. The molecule has 0 saturated carbocycles. The van der Waals surface area contributed by atoms with Gasteiger partial charge in [-0.1, -0.05) is 28.4 Å². The molecule has 7 nitrogen and oxygen atoms in total. The minimum absolute atomic E-state index is 0.0162. The molecule has 0 fully saturated rings. The summed E-state index contributed by atoms with van der Waals surface area (Å²) in [6.45, 7) is -0.146. The van der Waals surface area contributed by atoms with E-state index < -0.39 is 10.9 Å². The van der Waals surface area contributed by atoms with Crippen LogP contribution in [0.15, 0.2) is 53.1 Å². The lowest BCUT2D eigenvalue weighted by molar-refractivity contribution is -0.384. The maximum absolute atomic E-state index is 12.1. The monoisotopic (exact) mass is 392 g/mol. The Balaban J connectivity index is 1.68. The Bertz CT molecular complexity index is 970. The average molecular weight is 393 g/mol. The van der Waals surface area contributed by atoms with E-state index in [-0.39, 0.29) is 22.9 Å². The molecule has 0 unspecified atom stereocenters. The van der Waals surface area contributed by atoms with E-state index in [0.717, 1.165) is 11.6 Å². The van der Waals surface area contributed by atoms with E-state index in [2.05, 4.69) is 5.16 Å². The van der Waals surface area contributed by atoms with Crippen LogP contribution in [0, 0.1) is 10.1 Å². The van der Waals surface area contributed by atoms with Crippen LogP contribution in [-0.4, -0.2) is 16.0 Å². The molecule has 0 spiro atoms. The van der Waals surface area contributed by atoms with Gasteiger partial charge in [0.2, 0.25) is 0 Å². The number of aromatic nitrogens is 1. The lowest BCUT2D eigenvalue weighted by atomic mass is 10.1. The van der Waals surface area contributed by atoms with E-state index >= 15 is 0 Å². The number of nitro groups is 1. The van der Waals surface area contributed by atoms with Gasteiger partial charge in [0, 0.05) is 22.7 Å². The summed E-state index contributed by atoms with van der Waals surface area (Å²) in [5, 5.41) is 15.2. The van der Waals surface area contributed by atoms with Crippen molar-refractivity contribution >= 4 is 34.9 Å². The third kappa shape index (κ3) is 4.01. The standard InChI is InChI=1S/C17H10Cl2N2O5/c18-12-4-1-10(2-5-12)16-8-13(20-26-16)9-25-17(22)11-3-6-14(19)15(7-11)21(23)24/h1-8H,9H2. The summed E-state index contributed by atoms with van der Waals surface area (Å²) in [6.07, 6.45) is 0. The molecule has 0 atom stereocenters. The van der Waals surface area contributed by atoms with Gasteiger partial charge in [-0.3, -0.25) is 10.1 Å². The Kier molecular flexibility index (Phi) is 5.20. The molecule has 0 radical (unpaired) electrons. The van der Waals surface area contributed by atoms with Crippen molar-refractivity contribution in [3.05, 3.63) is 79.9 Å². The third-order valence-corrected chi connectivity index (χ3v) is 3.99. The summed E-state index contributed by atoms with van der Waals surface area (Å²) >= 11 is 11.5. The molecule has 0 amide bonds. The first-order valence-corrected chi connectivity index (χ1v) is 8.02. The second-order valence-electron chi connectivity index (χ2n) is 5.19. The number of ether oxygens (including phenoxy) is 1. The fourth-order valence-corrected chi connectivity index (χ4v) is 2.44. The van der Waals surface area contributed by atoms with Gasteiger partial charge in [0.05, 0.1) is 10.5 Å². The minimum Gasteiger partial charge on any atom is -0.455 e. The number of nitro benzene ring substituents is 1. The first-order chi connectivity index (χ1) is 12.4. The Labute approximate surface area is 157 Å². The number of carbonyl (C=O) groups is 1. The van der Waals surface area contributed by atoms with Crippen molar-refractivity contribution in [2.45, 2.75) is 6.61 Å². The fraction of sp³-hybridized carbons (Fsp3) is 0.0588. The molecule has 0 saturated heterocycles. The summed E-state index contributed by atoms with van der Waals surface area (Å²) in [4.78, 5) is 22.3. The van der Waals surface area contributed by atoms with Gasteiger partial charge >= 0.3 is 5.97 Å². The Morgan fingerprint density at radius 1 is 1.15 bits per heavy atom. The van der Waals surface area contributed by atoms with Gasteiger partial charge in [-0.15, -0.1) is 0 Å². The van der Waals surface area contributed by atoms with Crippen LogP contribution in [0.4, 0.5) is 5.69 Å². The summed E-state index contributed by atoms with van der Waals surface area (Å²) in [7, 11) is 0. The van der Waals surface area contributed by atoms with Crippen molar-refractivity contribution in [3.63, 3.8) is 0 Å². The largest absolute Gasteiger partial charge is 0.455 e. The van der Waals surface area contributed by atoms with Gasteiger partial charge in [-0.05, 0) is 36.4 Å². The highest BCUT2D eigenvalue weighted by Crippen LogP contribution is 2.26. The molecule has 26 heavy (non-hydrogen) atoms. The van der Waals surface area contributed by atoms with Gasteiger partial charge in [-0.2, -0.15) is 0 Å². The summed E-state index contributed by atoms with van der Waals surface area (Å²) in [5.74, 6) is -0.240. The van der Waals surface area contributed by atoms with Crippen molar-refractivity contribution in [2.75, 3.05) is 0 Å². The van der Waals surface area contributed by atoms with E-state index in [1.54, 1.807) is 30.3 Å². The van der Waals surface area contributed by atoms with Crippen LogP contribution in [0.2, 0.25) is 10.0 Å². The molecule has 132 valence electrons. The SMILES string of the molecule is O=C(OCc1cc(-c2ccc(Cl)cc2)on1)c1ccc(Cl)c([N+](=O)[O-])c1. The number of nitrogens with zero attached hydrogens (tertiary/aromatic N) is 2. The smallest absolute Gasteiger partial charge is 0.338 e. The highest BCUT2D eigenvalue weighted by molar-refractivity contribution is 6.32. The van der Waals surface area contributed by atoms with E-state index in [9.17, 15) is 14.9 Å². The van der Waals surface area contributed by atoms with Crippen molar-refractivity contribution < 1.29 is 19.0 Å². The number of halogens is 2. The fourth-order valence-electron chi connectivity index (χ4n) is 2.13. The maximum Gasteiger partial charge on any atom is 0.338 e. The van der Waals surface area contributed by atoms with E-state index in [1.807, 2.05) is 0 Å². The van der Waals surface area contributed by atoms with E-state index in [1.165, 1.54) is 12.1 Å². The average Bonchev–Trinajstić information content (AvgIpc) is 3.09. The van der Waals surface area contributed by atoms with Crippen molar-refractivity contribution in [2.24, 2.45) is 0 Å². The van der Waals surface area contributed by atoms with Crippen molar-refractivity contribution in [1.82, 2.24) is 5.16 Å². The molecule has 0 N–H and O–H groups in total. The second-order valence-corrected chi connectivity index (χ2v) is 6.03. The predicted molar refractivity (Wildman–Crippen MR) is 94.2 cm³/mol. The van der Waals surface area contributed by atoms with Gasteiger partial charge in [0.1, 0.15) is 17.3 Å². The van der Waals surface area contributed by atoms with Crippen LogP contribution in [-0.2, 0) is 11.3 Å². The van der Waals surface area contributed by atoms with Gasteiger partial charge in [0.15, 0.2) is 5.76 Å². The number of hydrogen-bond acceptors (Lipinski definition) is 6. The van der Waals surface area contributed by atoms with Crippen LogP contribution in [0.3, 0.4) is 0 Å². The van der Waals surface area contributed by atoms with Crippen LogP contribution in [0.25, 0.3) is 11.3 Å². The molecule has 9 heteroatoms. The summed E-state index contributed by atoms with van der Waals surface area (Å²) < 4.78 is 10.3. The molecule has 0 aliphatic rings. The highest BCUT2D eigenvalue weighted by Gasteiger charge is 2.18. The Morgan fingerprint density at radius 3 is 2.58 bits per heavy atom. The summed E-state index contributed by atoms with van der Waals surface area (Å²) in [5.41, 5.74) is 0.815. The quantitative estimate of drug-likeness (QED) is 0.347. The first kappa shape index (κ1) is 17.9. The number of hydrogen-bond donors (Lipinski definition) is 0. The van der Waals surface area contributed by atoms with Crippen molar-refractivity contribution in [1.29, 1.82) is 0 Å². The van der Waals surface area contributed by atoms with E-state index in [4.69, 9.17) is 32.5 Å². The molecule has 0 aliphatic heterocycles. The van der Waals surface area contributed by atoms with Crippen LogP contribution >= 0.6 is 23.2 Å². The topological polar surface area (TPSA) is 95.5 Å².